The van der Waals surface area contributed by atoms with E-state index in [-0.39, 0.29) is 0 Å². The molecule has 10 heavy (non-hydrogen) atoms. The summed E-state index contributed by atoms with van der Waals surface area (Å²) in [4.78, 5) is 8.08. The van der Waals surface area contributed by atoms with Crippen LogP contribution in [-0.2, 0) is 11.3 Å². The van der Waals surface area contributed by atoms with Gasteiger partial charge in [-0.15, -0.1) is 0 Å². The number of methoxy groups -OCH3 is 1. The lowest BCUT2D eigenvalue weighted by molar-refractivity contribution is 0.181. The molecule has 1 aromatic heterocycles. The highest BCUT2D eigenvalue weighted by Crippen LogP contribution is 1.94. The minimum absolute atomic E-state index is 0.559. The molecule has 0 fully saturated rings. The van der Waals surface area contributed by atoms with E-state index in [1.165, 1.54) is 0 Å². The summed E-state index contributed by atoms with van der Waals surface area (Å²) < 4.78 is 4.89. The molecule has 0 aliphatic carbocycles. The maximum absolute atomic E-state index is 4.89. The van der Waals surface area contributed by atoms with Gasteiger partial charge in [0.15, 0.2) is 0 Å². The highest BCUT2D eigenvalue weighted by molar-refractivity contribution is 4.99. The number of rotatable bonds is 2. The molecule has 3 nitrogen and oxygen atoms in total. The fourth-order valence-electron chi connectivity index (χ4n) is 0.733. The summed E-state index contributed by atoms with van der Waals surface area (Å²) in [6, 6.07) is 1.84. The monoisotopic (exact) mass is 138 g/mol. The second-order valence-corrected chi connectivity index (χ2v) is 2.03. The van der Waals surface area contributed by atoms with Gasteiger partial charge in [-0.3, -0.25) is 0 Å². The molecule has 0 amide bonds. The molecule has 0 aliphatic heterocycles. The smallest absolute Gasteiger partial charge is 0.125 e. The Labute approximate surface area is 60.1 Å². The fourth-order valence-corrected chi connectivity index (χ4v) is 0.733. The van der Waals surface area contributed by atoms with Crippen molar-refractivity contribution < 1.29 is 4.74 Å². The van der Waals surface area contributed by atoms with Crippen LogP contribution >= 0.6 is 0 Å². The van der Waals surface area contributed by atoms with Crippen LogP contribution in [0, 0.1) is 6.92 Å². The van der Waals surface area contributed by atoms with E-state index in [9.17, 15) is 0 Å². The average Bonchev–Trinajstić information content (AvgIpc) is 1.88. The molecule has 0 bridgehead atoms. The topological polar surface area (TPSA) is 35.0 Å². The first-order valence-electron chi connectivity index (χ1n) is 3.10. The number of aromatic nitrogens is 2. The number of ether oxygens (including phenoxy) is 1. The van der Waals surface area contributed by atoms with Crippen molar-refractivity contribution in [2.24, 2.45) is 0 Å². The van der Waals surface area contributed by atoms with Gasteiger partial charge in [-0.05, 0) is 13.0 Å². The van der Waals surface area contributed by atoms with E-state index in [2.05, 4.69) is 9.97 Å². The molecule has 0 atom stereocenters. The number of nitrogens with zero attached hydrogens (tertiary/aromatic N) is 2. The highest BCUT2D eigenvalue weighted by Gasteiger charge is 1.91. The van der Waals surface area contributed by atoms with E-state index < -0.39 is 0 Å². The minimum atomic E-state index is 0.559. The molecular weight excluding hydrogens is 128 g/mol. The Hall–Kier alpha value is -0.960. The van der Waals surface area contributed by atoms with E-state index in [0.29, 0.717) is 6.61 Å². The number of hydrogen-bond donors (Lipinski definition) is 0. The summed E-state index contributed by atoms with van der Waals surface area (Å²) in [6.07, 6.45) is 1.73. The van der Waals surface area contributed by atoms with Crippen molar-refractivity contribution in [3.8, 4) is 0 Å². The summed E-state index contributed by atoms with van der Waals surface area (Å²) in [5, 5.41) is 0. The molecule has 0 saturated carbocycles. The van der Waals surface area contributed by atoms with Crippen molar-refractivity contribution in [1.82, 2.24) is 9.97 Å². The predicted octanol–water partition coefficient (Wildman–Crippen LogP) is 0.931. The average molecular weight is 138 g/mol. The Morgan fingerprint density at radius 3 is 3.00 bits per heavy atom. The lowest BCUT2D eigenvalue weighted by atomic mass is 10.4. The van der Waals surface area contributed by atoms with Crippen molar-refractivity contribution in [3.05, 3.63) is 23.8 Å². The van der Waals surface area contributed by atoms with E-state index in [1.54, 1.807) is 13.3 Å². The second kappa shape index (κ2) is 3.27. The zero-order chi connectivity index (χ0) is 7.40. The van der Waals surface area contributed by atoms with Crippen LogP contribution in [0.1, 0.15) is 11.5 Å². The van der Waals surface area contributed by atoms with Gasteiger partial charge in [0, 0.05) is 13.3 Å². The van der Waals surface area contributed by atoms with Crippen LogP contribution in [-0.4, -0.2) is 17.1 Å². The molecule has 0 spiro atoms. The van der Waals surface area contributed by atoms with Gasteiger partial charge in [0.25, 0.3) is 0 Å². The molecule has 1 heterocycles. The molecule has 0 aliphatic rings. The quantitative estimate of drug-likeness (QED) is 0.609. The lowest BCUT2D eigenvalue weighted by Crippen LogP contribution is -1.95. The summed E-state index contributed by atoms with van der Waals surface area (Å²) in [5.41, 5.74) is 0.926. The van der Waals surface area contributed by atoms with Gasteiger partial charge < -0.3 is 4.74 Å². The standard InChI is InChI=1S/C7H10N2O/c1-6-8-4-3-7(9-6)5-10-2/h3-4H,5H2,1-2H3. The zero-order valence-corrected chi connectivity index (χ0v) is 6.16. The van der Waals surface area contributed by atoms with Crippen LogP contribution in [0.3, 0.4) is 0 Å². The maximum Gasteiger partial charge on any atom is 0.125 e. The van der Waals surface area contributed by atoms with Crippen LogP contribution in [0.25, 0.3) is 0 Å². The molecule has 1 rings (SSSR count). The molecule has 1 aromatic rings. The van der Waals surface area contributed by atoms with Crippen molar-refractivity contribution in [1.29, 1.82) is 0 Å². The Morgan fingerprint density at radius 2 is 2.40 bits per heavy atom. The van der Waals surface area contributed by atoms with Gasteiger partial charge in [0.2, 0.25) is 0 Å². The van der Waals surface area contributed by atoms with Crippen LogP contribution in [0.5, 0.6) is 0 Å². The third-order valence-electron chi connectivity index (χ3n) is 1.13. The Balaban J connectivity index is 2.75. The van der Waals surface area contributed by atoms with E-state index >= 15 is 0 Å². The third-order valence-corrected chi connectivity index (χ3v) is 1.13. The van der Waals surface area contributed by atoms with Crippen molar-refractivity contribution >= 4 is 0 Å². The summed E-state index contributed by atoms with van der Waals surface area (Å²) in [7, 11) is 1.65. The molecule has 0 radical (unpaired) electrons. The molecule has 0 saturated heterocycles. The third kappa shape index (κ3) is 1.77. The predicted molar refractivity (Wildman–Crippen MR) is 37.5 cm³/mol. The minimum Gasteiger partial charge on any atom is -0.378 e. The van der Waals surface area contributed by atoms with Crippen molar-refractivity contribution in [3.63, 3.8) is 0 Å². The van der Waals surface area contributed by atoms with Gasteiger partial charge in [-0.2, -0.15) is 0 Å². The van der Waals surface area contributed by atoms with E-state index in [0.717, 1.165) is 11.5 Å². The SMILES string of the molecule is COCc1ccnc(C)n1. The first kappa shape index (κ1) is 7.15. The summed E-state index contributed by atoms with van der Waals surface area (Å²) in [6.45, 7) is 2.42. The van der Waals surface area contributed by atoms with Gasteiger partial charge in [-0.1, -0.05) is 0 Å². The number of aryl methyl sites for hydroxylation is 1. The maximum atomic E-state index is 4.89. The van der Waals surface area contributed by atoms with Gasteiger partial charge in [0.1, 0.15) is 5.82 Å². The highest BCUT2D eigenvalue weighted by atomic mass is 16.5. The summed E-state index contributed by atoms with van der Waals surface area (Å²) >= 11 is 0. The summed E-state index contributed by atoms with van der Waals surface area (Å²) in [5.74, 6) is 0.787. The molecular formula is C7H10N2O. The Morgan fingerprint density at radius 1 is 1.60 bits per heavy atom. The normalized spacial score (nSPS) is 9.80. The Bertz CT molecular complexity index is 213. The largest absolute Gasteiger partial charge is 0.378 e. The zero-order valence-electron chi connectivity index (χ0n) is 6.16. The van der Waals surface area contributed by atoms with Crippen molar-refractivity contribution in [2.45, 2.75) is 13.5 Å². The van der Waals surface area contributed by atoms with Gasteiger partial charge in [0.05, 0.1) is 12.3 Å². The van der Waals surface area contributed by atoms with Gasteiger partial charge >= 0.3 is 0 Å². The first-order chi connectivity index (χ1) is 4.83. The van der Waals surface area contributed by atoms with Crippen LogP contribution in [0.15, 0.2) is 12.3 Å². The molecule has 0 unspecified atom stereocenters. The molecule has 54 valence electrons. The Kier molecular flexibility index (Phi) is 2.34. The fraction of sp³-hybridized carbons (Fsp3) is 0.429. The van der Waals surface area contributed by atoms with E-state index in [1.807, 2.05) is 13.0 Å². The van der Waals surface area contributed by atoms with Crippen LogP contribution in [0.4, 0.5) is 0 Å². The molecule has 3 heteroatoms. The van der Waals surface area contributed by atoms with Crippen LogP contribution in [0.2, 0.25) is 0 Å². The van der Waals surface area contributed by atoms with Crippen molar-refractivity contribution in [2.75, 3.05) is 7.11 Å². The lowest BCUT2D eigenvalue weighted by Gasteiger charge is -1.97. The molecule has 0 aromatic carbocycles. The van der Waals surface area contributed by atoms with Gasteiger partial charge in [-0.25, -0.2) is 9.97 Å². The van der Waals surface area contributed by atoms with E-state index in [4.69, 9.17) is 4.74 Å². The number of hydrogen-bond acceptors (Lipinski definition) is 3. The van der Waals surface area contributed by atoms with Crippen LogP contribution < -0.4 is 0 Å². The first-order valence-corrected chi connectivity index (χ1v) is 3.10. The second-order valence-electron chi connectivity index (χ2n) is 2.03. The molecule has 0 N–H and O–H groups in total.